The molecule has 1 rings (SSSR count). The van der Waals surface area contributed by atoms with Gasteiger partial charge in [0, 0.05) is 6.42 Å². The second-order valence-corrected chi connectivity index (χ2v) is 7.00. The number of Topliss-reactive ketones (excluding diaryl/α,β-unsaturated/α-hetero) is 1. The van der Waals surface area contributed by atoms with Crippen LogP contribution in [0.1, 0.15) is 30.5 Å². The fourth-order valence-corrected chi connectivity index (χ4v) is 2.59. The zero-order valence-electron chi connectivity index (χ0n) is 11.6. The van der Waals surface area contributed by atoms with E-state index in [0.717, 1.165) is 17.5 Å². The van der Waals surface area contributed by atoms with Crippen LogP contribution in [0.3, 0.4) is 0 Å². The Morgan fingerprint density at radius 3 is 2.42 bits per heavy atom. The van der Waals surface area contributed by atoms with Gasteiger partial charge in [0.2, 0.25) is 10.0 Å². The first-order chi connectivity index (χ1) is 8.67. The molecule has 0 unspecified atom stereocenters. The predicted molar refractivity (Wildman–Crippen MR) is 76.4 cm³/mol. The van der Waals surface area contributed by atoms with Crippen LogP contribution in [0.5, 0.6) is 0 Å². The number of nitrogens with two attached hydrogens (primary N) is 1. The molecule has 0 heterocycles. The smallest absolute Gasteiger partial charge is 0.216 e. The van der Waals surface area contributed by atoms with Gasteiger partial charge in [-0.1, -0.05) is 32.0 Å². The molecular formula is C14H21NO3S. The van der Waals surface area contributed by atoms with Crippen molar-refractivity contribution in [3.05, 3.63) is 34.9 Å². The van der Waals surface area contributed by atoms with E-state index in [1.165, 1.54) is 5.56 Å². The molecule has 0 aliphatic carbocycles. The van der Waals surface area contributed by atoms with Crippen molar-refractivity contribution in [1.82, 2.24) is 0 Å². The molecule has 5 heteroatoms. The highest BCUT2D eigenvalue weighted by molar-refractivity contribution is 7.89. The molecule has 0 spiro atoms. The number of carbonyl (C=O) groups is 1. The average molecular weight is 283 g/mol. The van der Waals surface area contributed by atoms with Crippen LogP contribution in [-0.2, 0) is 27.7 Å². The molecule has 19 heavy (non-hydrogen) atoms. The lowest BCUT2D eigenvalue weighted by Gasteiger charge is -2.09. The highest BCUT2D eigenvalue weighted by Crippen LogP contribution is 2.15. The van der Waals surface area contributed by atoms with Crippen LogP contribution in [0.4, 0.5) is 0 Å². The van der Waals surface area contributed by atoms with E-state index < -0.39 is 15.8 Å². The lowest BCUT2D eigenvalue weighted by atomic mass is 9.96. The molecule has 4 nitrogen and oxygen atoms in total. The SMILES string of the molecule is Cc1cc(CC(C)C)ccc1CC(=O)CS(N)(=O)=O. The van der Waals surface area contributed by atoms with Crippen LogP contribution < -0.4 is 5.14 Å². The van der Waals surface area contributed by atoms with Gasteiger partial charge in [0.25, 0.3) is 0 Å². The number of carbonyl (C=O) groups excluding carboxylic acids is 1. The number of sulfonamides is 1. The molecule has 2 N–H and O–H groups in total. The summed E-state index contributed by atoms with van der Waals surface area (Å²) in [5.74, 6) is -0.392. The summed E-state index contributed by atoms with van der Waals surface area (Å²) < 4.78 is 21.7. The first-order valence-corrected chi connectivity index (χ1v) is 7.99. The normalized spacial score (nSPS) is 11.8. The second kappa shape index (κ2) is 6.30. The highest BCUT2D eigenvalue weighted by atomic mass is 32.2. The van der Waals surface area contributed by atoms with Crippen LogP contribution in [-0.4, -0.2) is 20.0 Å². The van der Waals surface area contributed by atoms with E-state index in [2.05, 4.69) is 19.9 Å². The summed E-state index contributed by atoms with van der Waals surface area (Å²) in [7, 11) is -3.73. The fourth-order valence-electron chi connectivity index (χ4n) is 2.04. The van der Waals surface area contributed by atoms with Crippen molar-refractivity contribution >= 4 is 15.8 Å². The molecular weight excluding hydrogens is 262 g/mol. The molecule has 0 saturated carbocycles. The minimum absolute atomic E-state index is 0.115. The van der Waals surface area contributed by atoms with Crippen molar-refractivity contribution in [2.45, 2.75) is 33.6 Å². The van der Waals surface area contributed by atoms with Crippen molar-refractivity contribution < 1.29 is 13.2 Å². The van der Waals surface area contributed by atoms with E-state index in [9.17, 15) is 13.2 Å². The Balaban J connectivity index is 2.78. The van der Waals surface area contributed by atoms with Gasteiger partial charge in [-0.25, -0.2) is 13.6 Å². The number of hydrogen-bond acceptors (Lipinski definition) is 3. The number of aryl methyl sites for hydroxylation is 1. The van der Waals surface area contributed by atoms with Gasteiger partial charge in [0.1, 0.15) is 5.75 Å². The summed E-state index contributed by atoms with van der Waals surface area (Å²) in [6.45, 7) is 6.24. The Hall–Kier alpha value is -1.20. The van der Waals surface area contributed by atoms with Gasteiger partial charge in [-0.15, -0.1) is 0 Å². The molecule has 0 aliphatic rings. The first-order valence-electron chi connectivity index (χ1n) is 6.28. The van der Waals surface area contributed by atoms with Gasteiger partial charge >= 0.3 is 0 Å². The quantitative estimate of drug-likeness (QED) is 0.861. The summed E-state index contributed by atoms with van der Waals surface area (Å²) in [5, 5.41) is 4.86. The Labute approximate surface area is 115 Å². The lowest BCUT2D eigenvalue weighted by Crippen LogP contribution is -2.24. The van der Waals surface area contributed by atoms with Crippen molar-refractivity contribution in [3.63, 3.8) is 0 Å². The van der Waals surface area contributed by atoms with Crippen molar-refractivity contribution in [2.24, 2.45) is 11.1 Å². The molecule has 0 amide bonds. The number of benzene rings is 1. The van der Waals surface area contributed by atoms with Crippen LogP contribution in [0.25, 0.3) is 0 Å². The maximum absolute atomic E-state index is 11.6. The Morgan fingerprint density at radius 1 is 1.32 bits per heavy atom. The topological polar surface area (TPSA) is 77.2 Å². The molecule has 0 radical (unpaired) electrons. The third-order valence-corrected chi connectivity index (χ3v) is 3.53. The molecule has 0 aromatic heterocycles. The number of primary sulfonamides is 1. The Bertz CT molecular complexity index is 562. The van der Waals surface area contributed by atoms with Gasteiger partial charge in [-0.2, -0.15) is 0 Å². The van der Waals surface area contributed by atoms with Crippen molar-refractivity contribution in [2.75, 3.05) is 5.75 Å². The number of ketones is 1. The average Bonchev–Trinajstić information content (AvgIpc) is 2.18. The summed E-state index contributed by atoms with van der Waals surface area (Å²) >= 11 is 0. The van der Waals surface area contributed by atoms with E-state index in [4.69, 9.17) is 5.14 Å². The van der Waals surface area contributed by atoms with Crippen molar-refractivity contribution in [1.29, 1.82) is 0 Å². The van der Waals surface area contributed by atoms with Crippen LogP contribution in [0, 0.1) is 12.8 Å². The number of hydrogen-bond donors (Lipinski definition) is 1. The monoisotopic (exact) mass is 283 g/mol. The van der Waals surface area contributed by atoms with Gasteiger partial charge in [-0.05, 0) is 36.0 Å². The summed E-state index contributed by atoms with van der Waals surface area (Å²) in [4.78, 5) is 11.6. The third kappa shape index (κ3) is 5.98. The van der Waals surface area contributed by atoms with E-state index in [0.29, 0.717) is 5.92 Å². The first kappa shape index (κ1) is 15.9. The van der Waals surface area contributed by atoms with Gasteiger partial charge in [-0.3, -0.25) is 4.79 Å². The summed E-state index contributed by atoms with van der Waals surface area (Å²) in [6.07, 6.45) is 1.11. The van der Waals surface area contributed by atoms with E-state index >= 15 is 0 Å². The molecule has 0 saturated heterocycles. The standard InChI is InChI=1S/C14H21NO3S/c1-10(2)6-12-4-5-13(11(3)7-12)8-14(16)9-19(15,17)18/h4-5,7,10H,6,8-9H2,1-3H3,(H2,15,17,18). The predicted octanol–water partition coefficient (Wildman–Crippen LogP) is 1.59. The molecule has 106 valence electrons. The molecule has 1 aromatic carbocycles. The van der Waals surface area contributed by atoms with E-state index in [1.54, 1.807) is 0 Å². The minimum Gasteiger partial charge on any atom is -0.298 e. The maximum atomic E-state index is 11.6. The van der Waals surface area contributed by atoms with Gasteiger partial charge in [0.15, 0.2) is 5.78 Å². The maximum Gasteiger partial charge on any atom is 0.216 e. The minimum atomic E-state index is -3.73. The fraction of sp³-hybridized carbons (Fsp3) is 0.500. The zero-order valence-corrected chi connectivity index (χ0v) is 12.5. The molecule has 0 fully saturated rings. The Kier molecular flexibility index (Phi) is 5.26. The summed E-state index contributed by atoms with van der Waals surface area (Å²) in [6, 6.07) is 5.94. The zero-order chi connectivity index (χ0) is 14.6. The van der Waals surface area contributed by atoms with Crippen LogP contribution in [0.15, 0.2) is 18.2 Å². The van der Waals surface area contributed by atoms with E-state index in [-0.39, 0.29) is 12.2 Å². The van der Waals surface area contributed by atoms with Gasteiger partial charge < -0.3 is 0 Å². The Morgan fingerprint density at radius 2 is 1.95 bits per heavy atom. The largest absolute Gasteiger partial charge is 0.298 e. The highest BCUT2D eigenvalue weighted by Gasteiger charge is 2.13. The number of rotatable bonds is 6. The molecule has 0 bridgehead atoms. The van der Waals surface area contributed by atoms with E-state index in [1.807, 2.05) is 19.1 Å². The summed E-state index contributed by atoms with van der Waals surface area (Å²) in [5.41, 5.74) is 3.11. The third-order valence-electron chi connectivity index (χ3n) is 2.80. The van der Waals surface area contributed by atoms with Crippen LogP contribution >= 0.6 is 0 Å². The second-order valence-electron chi connectivity index (χ2n) is 5.38. The van der Waals surface area contributed by atoms with Crippen LogP contribution in [0.2, 0.25) is 0 Å². The molecule has 1 aromatic rings. The lowest BCUT2D eigenvalue weighted by molar-refractivity contribution is -0.116. The molecule has 0 atom stereocenters. The van der Waals surface area contributed by atoms with Crippen molar-refractivity contribution in [3.8, 4) is 0 Å². The van der Waals surface area contributed by atoms with Gasteiger partial charge in [0.05, 0.1) is 0 Å². The molecule has 0 aliphatic heterocycles.